The molecule has 0 saturated carbocycles. The molecule has 1 aromatic heterocycles. The van der Waals surface area contributed by atoms with Gasteiger partial charge in [-0.15, -0.1) is 11.8 Å². The maximum Gasteiger partial charge on any atom is 0.452 e. The Morgan fingerprint density at radius 3 is 2.11 bits per heavy atom. The highest BCUT2D eigenvalue weighted by Crippen LogP contribution is 2.35. The Labute approximate surface area is 275 Å². The van der Waals surface area contributed by atoms with Gasteiger partial charge in [-0.1, -0.05) is 89.4 Å². The van der Waals surface area contributed by atoms with Crippen LogP contribution in [0.4, 0.5) is 17.6 Å². The van der Waals surface area contributed by atoms with Gasteiger partial charge in [0.15, 0.2) is 5.69 Å². The Bertz CT molecular complexity index is 1580. The van der Waals surface area contributed by atoms with Crippen LogP contribution < -0.4 is 0 Å². The van der Waals surface area contributed by atoms with Crippen LogP contribution in [0.2, 0.25) is 0 Å². The Kier molecular flexibility index (Phi) is 11.8. The normalized spacial score (nSPS) is 12.5. The number of nitrogens with zero attached hydrogens (tertiary/aromatic N) is 1. The monoisotopic (exact) mass is 703 g/mol. The number of rotatable bonds is 12. The summed E-state index contributed by atoms with van der Waals surface area (Å²) in [6.07, 6.45) is -4.16. The molecule has 1 heterocycles. The molecule has 1 atom stereocenters. The van der Waals surface area contributed by atoms with Gasteiger partial charge in [0.2, 0.25) is 15.4 Å². The van der Waals surface area contributed by atoms with Crippen LogP contribution in [0.3, 0.4) is 0 Å². The van der Waals surface area contributed by atoms with Crippen molar-refractivity contribution in [3.63, 3.8) is 0 Å². The SMILES string of the molecule is O=C(OCc1ccc(CC(SCCc2ccc(F)cc2)C(=O)OCC(Cl)(Cl)Cl)cc1)c1nc(-c2ccccc2)oc1C(F)(F)F. The maximum atomic E-state index is 13.6. The van der Waals surface area contributed by atoms with E-state index in [2.05, 4.69) is 4.98 Å². The summed E-state index contributed by atoms with van der Waals surface area (Å²) in [6, 6.07) is 20.5. The van der Waals surface area contributed by atoms with Crippen molar-refractivity contribution in [1.82, 2.24) is 4.98 Å². The van der Waals surface area contributed by atoms with Gasteiger partial charge in [-0.25, -0.2) is 14.2 Å². The van der Waals surface area contributed by atoms with Crippen molar-refractivity contribution in [2.45, 2.75) is 34.7 Å². The lowest BCUT2D eigenvalue weighted by Gasteiger charge is -2.18. The number of benzene rings is 3. The molecule has 0 aliphatic rings. The topological polar surface area (TPSA) is 78.6 Å². The molecule has 4 aromatic rings. The Balaban J connectivity index is 1.39. The van der Waals surface area contributed by atoms with Crippen LogP contribution in [0, 0.1) is 5.82 Å². The Morgan fingerprint density at radius 2 is 1.49 bits per heavy atom. The first-order valence-corrected chi connectivity index (χ1v) is 15.4. The van der Waals surface area contributed by atoms with Crippen LogP contribution in [0.15, 0.2) is 83.3 Å². The second kappa shape index (κ2) is 15.4. The number of esters is 2. The van der Waals surface area contributed by atoms with Gasteiger partial charge in [-0.05, 0) is 59.6 Å². The van der Waals surface area contributed by atoms with E-state index in [1.54, 1.807) is 54.6 Å². The summed E-state index contributed by atoms with van der Waals surface area (Å²) >= 11 is 18.5. The molecule has 4 rings (SSSR count). The minimum absolute atomic E-state index is 0.239. The fraction of sp³-hybridized carbons (Fsp3) is 0.258. The van der Waals surface area contributed by atoms with Crippen molar-refractivity contribution in [1.29, 1.82) is 0 Å². The van der Waals surface area contributed by atoms with Crippen LogP contribution in [0.5, 0.6) is 0 Å². The average molecular weight is 705 g/mol. The highest BCUT2D eigenvalue weighted by molar-refractivity contribution is 8.00. The van der Waals surface area contributed by atoms with Crippen molar-refractivity contribution < 1.29 is 41.0 Å². The lowest BCUT2D eigenvalue weighted by Crippen LogP contribution is -2.27. The third-order valence-electron chi connectivity index (χ3n) is 6.18. The number of ether oxygens (including phenoxy) is 2. The molecule has 238 valence electrons. The largest absolute Gasteiger partial charge is 0.460 e. The van der Waals surface area contributed by atoms with E-state index < -0.39 is 45.2 Å². The van der Waals surface area contributed by atoms with E-state index in [-0.39, 0.29) is 30.3 Å². The predicted molar refractivity (Wildman–Crippen MR) is 164 cm³/mol. The maximum absolute atomic E-state index is 13.6. The average Bonchev–Trinajstić information content (AvgIpc) is 3.47. The van der Waals surface area contributed by atoms with E-state index >= 15 is 0 Å². The summed E-state index contributed by atoms with van der Waals surface area (Å²) in [5.41, 5.74) is 1.37. The van der Waals surface area contributed by atoms with Gasteiger partial charge in [0.1, 0.15) is 24.3 Å². The van der Waals surface area contributed by atoms with Crippen LogP contribution in [0.1, 0.15) is 32.9 Å². The standard InChI is InChI=1S/C31H24Cl3F4NO5S/c32-30(33,34)18-43-28(40)24(45-15-14-19-10-12-23(35)13-11-19)16-20-6-8-21(9-7-20)17-42-29(41)25-26(31(36,37)38)44-27(39-25)22-4-2-1-3-5-22/h1-13,24H,14-18H2. The van der Waals surface area contributed by atoms with Crippen LogP contribution in [-0.2, 0) is 39.9 Å². The number of carbonyl (C=O) groups excluding carboxylic acids is 2. The highest BCUT2D eigenvalue weighted by atomic mass is 35.6. The number of aromatic nitrogens is 1. The molecular formula is C31H24Cl3F4NO5S. The predicted octanol–water partition coefficient (Wildman–Crippen LogP) is 8.66. The molecule has 14 heteroatoms. The number of hydrogen-bond acceptors (Lipinski definition) is 7. The van der Waals surface area contributed by atoms with Gasteiger partial charge >= 0.3 is 18.1 Å². The van der Waals surface area contributed by atoms with Crippen molar-refractivity contribution in [3.8, 4) is 11.5 Å². The minimum atomic E-state index is -4.97. The van der Waals surface area contributed by atoms with Crippen molar-refractivity contribution in [3.05, 3.63) is 113 Å². The minimum Gasteiger partial charge on any atom is -0.460 e. The van der Waals surface area contributed by atoms with Gasteiger partial charge in [-0.3, -0.25) is 4.79 Å². The van der Waals surface area contributed by atoms with Crippen molar-refractivity contribution >= 4 is 58.5 Å². The first-order chi connectivity index (χ1) is 21.3. The number of alkyl halides is 6. The van der Waals surface area contributed by atoms with Crippen molar-refractivity contribution in [2.24, 2.45) is 0 Å². The molecule has 0 bridgehead atoms. The molecule has 0 aliphatic carbocycles. The lowest BCUT2D eigenvalue weighted by atomic mass is 10.1. The van der Waals surface area contributed by atoms with Crippen LogP contribution >= 0.6 is 46.6 Å². The molecule has 45 heavy (non-hydrogen) atoms. The lowest BCUT2D eigenvalue weighted by molar-refractivity contribution is -0.153. The molecule has 0 saturated heterocycles. The van der Waals surface area contributed by atoms with Crippen LogP contribution in [-0.4, -0.2) is 38.3 Å². The zero-order chi connectivity index (χ0) is 32.6. The third-order valence-corrected chi connectivity index (χ3v) is 7.71. The Morgan fingerprint density at radius 1 is 0.867 bits per heavy atom. The molecule has 0 N–H and O–H groups in total. The first kappa shape index (κ1) is 34.6. The molecule has 0 spiro atoms. The highest BCUT2D eigenvalue weighted by Gasteiger charge is 2.42. The zero-order valence-corrected chi connectivity index (χ0v) is 26.2. The molecule has 3 aromatic carbocycles. The van der Waals surface area contributed by atoms with E-state index in [0.717, 1.165) is 11.1 Å². The summed E-state index contributed by atoms with van der Waals surface area (Å²) in [5, 5.41) is -0.673. The Hall–Kier alpha value is -3.25. The molecule has 0 aliphatic heterocycles. The first-order valence-electron chi connectivity index (χ1n) is 13.3. The molecular weight excluding hydrogens is 681 g/mol. The molecule has 0 amide bonds. The van der Waals surface area contributed by atoms with Gasteiger partial charge < -0.3 is 13.9 Å². The zero-order valence-electron chi connectivity index (χ0n) is 23.2. The van der Waals surface area contributed by atoms with E-state index in [1.165, 1.54) is 36.0 Å². The summed E-state index contributed by atoms with van der Waals surface area (Å²) in [7, 11) is 0. The second-order valence-electron chi connectivity index (χ2n) is 9.62. The smallest absolute Gasteiger partial charge is 0.452 e. The van der Waals surface area contributed by atoms with Crippen molar-refractivity contribution in [2.75, 3.05) is 12.4 Å². The number of halogens is 7. The van der Waals surface area contributed by atoms with Gasteiger partial charge in [0.25, 0.3) is 0 Å². The second-order valence-corrected chi connectivity index (χ2v) is 13.4. The molecule has 0 fully saturated rings. The van der Waals surface area contributed by atoms with E-state index in [0.29, 0.717) is 17.7 Å². The van der Waals surface area contributed by atoms with Gasteiger partial charge in [0, 0.05) is 5.56 Å². The quantitative estimate of drug-likeness (QED) is 0.0830. The summed E-state index contributed by atoms with van der Waals surface area (Å²) in [4.78, 5) is 29.2. The molecule has 6 nitrogen and oxygen atoms in total. The van der Waals surface area contributed by atoms with Gasteiger partial charge in [0.05, 0.1) is 0 Å². The van der Waals surface area contributed by atoms with Gasteiger partial charge in [-0.2, -0.15) is 13.2 Å². The number of aryl methyl sites for hydroxylation is 1. The van der Waals surface area contributed by atoms with E-state index in [4.69, 9.17) is 48.7 Å². The van der Waals surface area contributed by atoms with Crippen LogP contribution in [0.25, 0.3) is 11.5 Å². The summed E-state index contributed by atoms with van der Waals surface area (Å²) in [5.74, 6) is -3.64. The summed E-state index contributed by atoms with van der Waals surface area (Å²) in [6.45, 7) is -0.782. The van der Waals surface area contributed by atoms with E-state index in [9.17, 15) is 27.2 Å². The summed E-state index contributed by atoms with van der Waals surface area (Å²) < 4.78 is 67.4. The van der Waals surface area contributed by atoms with E-state index in [1.807, 2.05) is 0 Å². The number of oxazole rings is 1. The number of hydrogen-bond donors (Lipinski definition) is 0. The fourth-order valence-corrected chi connectivity index (χ4v) is 5.30. The molecule has 1 unspecified atom stereocenters. The number of carbonyl (C=O) groups is 2. The number of thioether (sulfide) groups is 1. The fourth-order valence-electron chi connectivity index (χ4n) is 3.98. The molecule has 0 radical (unpaired) electrons. The third kappa shape index (κ3) is 10.7.